The van der Waals surface area contributed by atoms with Crippen molar-refractivity contribution in [2.45, 2.75) is 50.2 Å². The fourth-order valence-corrected chi connectivity index (χ4v) is 4.44. The Labute approximate surface area is 156 Å². The maximum atomic E-state index is 13.5. The van der Waals surface area contributed by atoms with E-state index in [1.165, 1.54) is 11.6 Å². The molecule has 0 aliphatic heterocycles. The van der Waals surface area contributed by atoms with Crippen molar-refractivity contribution >= 4 is 0 Å². The minimum atomic E-state index is -0.655. The first-order valence-corrected chi connectivity index (χ1v) is 9.63. The lowest BCUT2D eigenvalue weighted by Crippen LogP contribution is -2.54. The summed E-state index contributed by atoms with van der Waals surface area (Å²) in [6.45, 7) is 0. The Kier molecular flexibility index (Phi) is 6.10. The predicted octanol–water partition coefficient (Wildman–Crippen LogP) is 4.46. The van der Waals surface area contributed by atoms with Crippen LogP contribution in [0.4, 0.5) is 4.39 Å². The van der Waals surface area contributed by atoms with E-state index in [1.807, 2.05) is 12.1 Å². The number of hydrogen-bond acceptors (Lipinski definition) is 2. The Bertz CT molecular complexity index is 702. The third kappa shape index (κ3) is 4.72. The van der Waals surface area contributed by atoms with Gasteiger partial charge in [-0.15, -0.1) is 0 Å². The van der Waals surface area contributed by atoms with Crippen molar-refractivity contribution in [2.24, 2.45) is 5.92 Å². The SMILES string of the molecule is CN(C)C1CC(Cc2cccc(F)c2)CCC1(O)CCc1ccccc1. The van der Waals surface area contributed by atoms with Crippen LogP contribution in [0.3, 0.4) is 0 Å². The van der Waals surface area contributed by atoms with Gasteiger partial charge in [0.1, 0.15) is 5.82 Å². The lowest BCUT2D eigenvalue weighted by molar-refractivity contribution is -0.0782. The van der Waals surface area contributed by atoms with Crippen molar-refractivity contribution in [1.82, 2.24) is 4.90 Å². The molecule has 1 aliphatic carbocycles. The Balaban J connectivity index is 1.65. The van der Waals surface area contributed by atoms with Crippen LogP contribution in [-0.2, 0) is 12.8 Å². The minimum absolute atomic E-state index is 0.138. The molecule has 1 aliphatic rings. The molecule has 3 atom stereocenters. The second kappa shape index (κ2) is 8.32. The second-order valence-corrected chi connectivity index (χ2v) is 8.04. The van der Waals surface area contributed by atoms with Gasteiger partial charge < -0.3 is 10.0 Å². The summed E-state index contributed by atoms with van der Waals surface area (Å²) in [4.78, 5) is 2.17. The van der Waals surface area contributed by atoms with Crippen molar-refractivity contribution in [1.29, 1.82) is 0 Å². The van der Waals surface area contributed by atoms with Crippen LogP contribution in [0.5, 0.6) is 0 Å². The van der Waals surface area contributed by atoms with E-state index in [2.05, 4.69) is 43.3 Å². The molecule has 140 valence electrons. The van der Waals surface area contributed by atoms with Gasteiger partial charge in [-0.25, -0.2) is 4.39 Å². The molecule has 3 unspecified atom stereocenters. The second-order valence-electron chi connectivity index (χ2n) is 8.04. The minimum Gasteiger partial charge on any atom is -0.388 e. The van der Waals surface area contributed by atoms with Crippen LogP contribution in [0.2, 0.25) is 0 Å². The Morgan fingerprint density at radius 3 is 2.50 bits per heavy atom. The number of likely N-dealkylation sites (N-methyl/N-ethyl adjacent to an activating group) is 1. The number of aryl methyl sites for hydroxylation is 1. The summed E-state index contributed by atoms with van der Waals surface area (Å²) in [6, 6.07) is 17.5. The van der Waals surface area contributed by atoms with Crippen molar-refractivity contribution in [2.75, 3.05) is 14.1 Å². The van der Waals surface area contributed by atoms with Gasteiger partial charge in [-0.2, -0.15) is 0 Å². The number of benzene rings is 2. The lowest BCUT2D eigenvalue weighted by atomic mass is 9.70. The van der Waals surface area contributed by atoms with Crippen molar-refractivity contribution < 1.29 is 9.50 Å². The molecule has 2 aromatic carbocycles. The van der Waals surface area contributed by atoms with Gasteiger partial charge in [-0.05, 0) is 81.8 Å². The fraction of sp³-hybridized carbons (Fsp3) is 0.478. The largest absolute Gasteiger partial charge is 0.388 e. The molecular weight excluding hydrogens is 325 g/mol. The summed E-state index contributed by atoms with van der Waals surface area (Å²) in [7, 11) is 4.12. The third-order valence-corrected chi connectivity index (χ3v) is 5.89. The van der Waals surface area contributed by atoms with Crippen LogP contribution in [0.25, 0.3) is 0 Å². The molecule has 0 spiro atoms. The van der Waals surface area contributed by atoms with E-state index in [0.29, 0.717) is 5.92 Å². The van der Waals surface area contributed by atoms with Crippen molar-refractivity contribution in [3.05, 3.63) is 71.5 Å². The average molecular weight is 355 g/mol. The Morgan fingerprint density at radius 2 is 1.81 bits per heavy atom. The zero-order valence-electron chi connectivity index (χ0n) is 15.9. The molecule has 0 aromatic heterocycles. The predicted molar refractivity (Wildman–Crippen MR) is 105 cm³/mol. The molecule has 26 heavy (non-hydrogen) atoms. The van der Waals surface area contributed by atoms with Crippen LogP contribution in [0.15, 0.2) is 54.6 Å². The average Bonchev–Trinajstić information content (AvgIpc) is 2.63. The lowest BCUT2D eigenvalue weighted by Gasteiger charge is -2.46. The molecule has 0 heterocycles. The molecule has 3 rings (SSSR count). The molecule has 1 N–H and O–H groups in total. The van der Waals surface area contributed by atoms with Gasteiger partial charge in [0, 0.05) is 6.04 Å². The van der Waals surface area contributed by atoms with E-state index < -0.39 is 5.60 Å². The molecule has 1 fully saturated rings. The van der Waals surface area contributed by atoms with Gasteiger partial charge in [-0.3, -0.25) is 0 Å². The van der Waals surface area contributed by atoms with E-state index in [4.69, 9.17) is 0 Å². The third-order valence-electron chi connectivity index (χ3n) is 5.89. The number of hydrogen-bond donors (Lipinski definition) is 1. The van der Waals surface area contributed by atoms with Gasteiger partial charge in [-0.1, -0.05) is 42.5 Å². The van der Waals surface area contributed by atoms with Gasteiger partial charge in [0.05, 0.1) is 5.60 Å². The van der Waals surface area contributed by atoms with E-state index in [-0.39, 0.29) is 11.9 Å². The van der Waals surface area contributed by atoms with Crippen molar-refractivity contribution in [3.8, 4) is 0 Å². The first kappa shape index (κ1) is 19.1. The zero-order valence-corrected chi connectivity index (χ0v) is 15.9. The molecule has 0 bridgehead atoms. The van der Waals surface area contributed by atoms with Gasteiger partial charge >= 0.3 is 0 Å². The van der Waals surface area contributed by atoms with Crippen molar-refractivity contribution in [3.63, 3.8) is 0 Å². The van der Waals surface area contributed by atoms with E-state index in [1.54, 1.807) is 12.1 Å². The normalized spacial score (nSPS) is 26.2. The molecule has 2 aromatic rings. The number of halogens is 1. The molecule has 0 saturated heterocycles. The van der Waals surface area contributed by atoms with Crippen LogP contribution in [0, 0.1) is 11.7 Å². The Morgan fingerprint density at radius 1 is 1.08 bits per heavy atom. The highest BCUT2D eigenvalue weighted by molar-refractivity contribution is 5.18. The summed E-state index contributed by atoms with van der Waals surface area (Å²) in [5, 5.41) is 11.4. The summed E-state index contributed by atoms with van der Waals surface area (Å²) < 4.78 is 13.5. The standard InChI is InChI=1S/C23H30FNO/c1-25(2)22-17-20(15-19-9-6-10-21(24)16-19)12-14-23(22,26)13-11-18-7-4-3-5-8-18/h3-10,16,20,22,26H,11-15,17H2,1-2H3. The maximum absolute atomic E-state index is 13.5. The van der Waals surface area contributed by atoms with Gasteiger partial charge in [0.15, 0.2) is 0 Å². The van der Waals surface area contributed by atoms with Crippen LogP contribution in [-0.4, -0.2) is 35.7 Å². The highest BCUT2D eigenvalue weighted by Crippen LogP contribution is 2.39. The first-order chi connectivity index (χ1) is 12.5. The van der Waals surface area contributed by atoms with E-state index >= 15 is 0 Å². The summed E-state index contributed by atoms with van der Waals surface area (Å²) in [5.74, 6) is 0.322. The summed E-state index contributed by atoms with van der Waals surface area (Å²) in [5.41, 5.74) is 1.68. The van der Waals surface area contributed by atoms with Gasteiger partial charge in [0.2, 0.25) is 0 Å². The molecule has 0 amide bonds. The van der Waals surface area contributed by atoms with Crippen LogP contribution >= 0.6 is 0 Å². The summed E-state index contributed by atoms with van der Waals surface area (Å²) in [6.07, 6.45) is 5.32. The highest BCUT2D eigenvalue weighted by atomic mass is 19.1. The van der Waals surface area contributed by atoms with Gasteiger partial charge in [0.25, 0.3) is 0 Å². The van der Waals surface area contributed by atoms with Crippen LogP contribution < -0.4 is 0 Å². The topological polar surface area (TPSA) is 23.5 Å². The molecule has 0 radical (unpaired) electrons. The van der Waals surface area contributed by atoms with Crippen LogP contribution in [0.1, 0.15) is 36.8 Å². The highest BCUT2D eigenvalue weighted by Gasteiger charge is 2.42. The monoisotopic (exact) mass is 355 g/mol. The van der Waals surface area contributed by atoms with E-state index in [0.717, 1.165) is 44.1 Å². The molecule has 2 nitrogen and oxygen atoms in total. The number of nitrogens with zero attached hydrogens (tertiary/aromatic N) is 1. The molecule has 3 heteroatoms. The zero-order chi connectivity index (χ0) is 18.6. The molecular formula is C23H30FNO. The molecule has 1 saturated carbocycles. The van der Waals surface area contributed by atoms with E-state index in [9.17, 15) is 9.50 Å². The Hall–Kier alpha value is -1.71. The number of aliphatic hydroxyl groups is 1. The summed E-state index contributed by atoms with van der Waals surface area (Å²) >= 11 is 0. The quantitative estimate of drug-likeness (QED) is 0.827. The fourth-order valence-electron chi connectivity index (χ4n) is 4.44. The smallest absolute Gasteiger partial charge is 0.123 e. The number of rotatable bonds is 6. The maximum Gasteiger partial charge on any atom is 0.123 e. The first-order valence-electron chi connectivity index (χ1n) is 9.63.